The van der Waals surface area contributed by atoms with E-state index in [9.17, 15) is 0 Å². The molecule has 0 radical (unpaired) electrons. The van der Waals surface area contributed by atoms with Gasteiger partial charge in [0, 0.05) is 44.4 Å². The van der Waals surface area contributed by atoms with Crippen molar-refractivity contribution in [3.8, 4) is 44.9 Å². The number of anilines is 6. The fourth-order valence-electron chi connectivity index (χ4n) is 12.5. The molecular weight excluding hydrogens is 861 g/mol. The number of benzene rings is 11. The summed E-state index contributed by atoms with van der Waals surface area (Å²) < 4.78 is 7.26. The Morgan fingerprint density at radius 1 is 0.338 bits per heavy atom. The van der Waals surface area contributed by atoms with Crippen LogP contribution in [0, 0.1) is 0 Å². The molecule has 336 valence electrons. The first-order chi connectivity index (χ1) is 35.0. The van der Waals surface area contributed by atoms with E-state index in [4.69, 9.17) is 4.74 Å². The van der Waals surface area contributed by atoms with Crippen molar-refractivity contribution in [2.24, 2.45) is 0 Å². The topological polar surface area (TPSA) is 15.7 Å². The first-order valence-electron chi connectivity index (χ1n) is 24.7. The van der Waals surface area contributed by atoms with E-state index in [1.807, 2.05) is 0 Å². The van der Waals surface area contributed by atoms with Crippen LogP contribution in [0.5, 0.6) is 11.5 Å². The van der Waals surface area contributed by atoms with Gasteiger partial charge >= 0.3 is 0 Å². The Balaban J connectivity index is 1.03. The Morgan fingerprint density at radius 2 is 0.873 bits per heavy atom. The molecule has 0 N–H and O–H groups in total. The van der Waals surface area contributed by atoms with Gasteiger partial charge in [-0.25, -0.2) is 0 Å². The summed E-state index contributed by atoms with van der Waals surface area (Å²) in [5, 5.41) is 2.21. The normalized spacial score (nSPS) is 13.8. The average molecular weight is 909 g/mol. The van der Waals surface area contributed by atoms with Gasteiger partial charge in [0.2, 0.25) is 0 Å². The molecule has 0 atom stereocenters. The van der Waals surface area contributed by atoms with Crippen LogP contribution in [-0.2, 0) is 10.8 Å². The highest BCUT2D eigenvalue weighted by atomic mass is 16.5. The Hall–Kier alpha value is -8.92. The summed E-state index contributed by atoms with van der Waals surface area (Å²) >= 11 is 0. The van der Waals surface area contributed by atoms with E-state index in [1.54, 1.807) is 0 Å². The third-order valence-electron chi connectivity index (χ3n) is 15.5. The fourth-order valence-corrected chi connectivity index (χ4v) is 12.5. The maximum atomic E-state index is 7.26. The largest absolute Gasteiger partial charge is 0.454 e. The first-order valence-corrected chi connectivity index (χ1v) is 24.7. The highest BCUT2D eigenvalue weighted by Crippen LogP contribution is 2.61. The monoisotopic (exact) mass is 908 g/mol. The predicted molar refractivity (Wildman–Crippen MR) is 294 cm³/mol. The molecule has 1 heterocycles. The number of para-hydroxylation sites is 3. The van der Waals surface area contributed by atoms with E-state index < -0.39 is 5.41 Å². The molecule has 0 amide bonds. The molecule has 0 saturated heterocycles. The molecule has 3 nitrogen and oxygen atoms in total. The standard InChI is InChI=1S/C68H48N2O/c1-67(2)56-35-17-15-30-50(56)51-41-40-49(44-59(51)67)70(61-38-21-37-58-65(61)54-31-16-18-36-57(54)68(58,45-22-7-3-8-23-45)46-24-9-4-10-25-46)60-42-43-63-64-52(32-19-34-55(60)64)53-33-20-39-62(66(53)71-63)69(47-26-11-5-12-27-47)48-28-13-6-14-29-48/h3-44H,1-2H3. The van der Waals surface area contributed by atoms with Crippen LogP contribution >= 0.6 is 0 Å². The maximum Gasteiger partial charge on any atom is 0.159 e. The minimum absolute atomic E-state index is 0.197. The van der Waals surface area contributed by atoms with Crippen molar-refractivity contribution in [1.82, 2.24) is 0 Å². The Kier molecular flexibility index (Phi) is 9.15. The third-order valence-corrected chi connectivity index (χ3v) is 15.5. The summed E-state index contributed by atoms with van der Waals surface area (Å²) in [6.07, 6.45) is 0. The lowest BCUT2D eigenvalue weighted by Gasteiger charge is -2.35. The van der Waals surface area contributed by atoms with Crippen LogP contribution in [0.15, 0.2) is 255 Å². The van der Waals surface area contributed by atoms with Crippen LogP contribution < -0.4 is 14.5 Å². The third kappa shape index (κ3) is 5.96. The molecule has 0 saturated carbocycles. The number of nitrogens with zero attached hydrogens (tertiary/aromatic N) is 2. The molecule has 11 aromatic carbocycles. The lowest BCUT2D eigenvalue weighted by molar-refractivity contribution is 0.488. The van der Waals surface area contributed by atoms with E-state index in [0.29, 0.717) is 0 Å². The summed E-state index contributed by atoms with van der Waals surface area (Å²) in [5.41, 5.74) is 20.7. The number of rotatable bonds is 8. The van der Waals surface area contributed by atoms with Gasteiger partial charge in [0.15, 0.2) is 5.75 Å². The Bertz CT molecular complexity index is 3800. The van der Waals surface area contributed by atoms with Gasteiger partial charge in [0.1, 0.15) is 5.75 Å². The lowest BCUT2D eigenvalue weighted by Crippen LogP contribution is -2.28. The van der Waals surface area contributed by atoms with E-state index >= 15 is 0 Å². The van der Waals surface area contributed by atoms with Crippen molar-refractivity contribution in [3.05, 3.63) is 288 Å². The van der Waals surface area contributed by atoms with E-state index in [0.717, 1.165) is 67.5 Å². The van der Waals surface area contributed by atoms with Gasteiger partial charge in [-0.15, -0.1) is 0 Å². The molecule has 2 aliphatic carbocycles. The van der Waals surface area contributed by atoms with Gasteiger partial charge in [-0.05, 0) is 116 Å². The molecule has 14 rings (SSSR count). The minimum Gasteiger partial charge on any atom is -0.454 e. The molecule has 71 heavy (non-hydrogen) atoms. The van der Waals surface area contributed by atoms with Crippen molar-refractivity contribution >= 4 is 44.9 Å². The van der Waals surface area contributed by atoms with Crippen molar-refractivity contribution < 1.29 is 4.74 Å². The summed E-state index contributed by atoms with van der Waals surface area (Å²) in [6.45, 7) is 4.75. The Labute approximate surface area is 415 Å². The molecule has 11 aromatic rings. The zero-order valence-corrected chi connectivity index (χ0v) is 39.6. The fraction of sp³-hybridized carbons (Fsp3) is 0.0588. The molecule has 0 unspecified atom stereocenters. The lowest BCUT2D eigenvalue weighted by atomic mass is 9.68. The smallest absolute Gasteiger partial charge is 0.159 e. The summed E-state index contributed by atoms with van der Waals surface area (Å²) in [4.78, 5) is 4.84. The van der Waals surface area contributed by atoms with Crippen LogP contribution in [-0.4, -0.2) is 0 Å². The minimum atomic E-state index is -0.555. The van der Waals surface area contributed by atoms with Gasteiger partial charge in [-0.2, -0.15) is 0 Å². The van der Waals surface area contributed by atoms with E-state index in [1.165, 1.54) is 55.6 Å². The molecule has 0 spiro atoms. The van der Waals surface area contributed by atoms with Crippen molar-refractivity contribution in [2.45, 2.75) is 24.7 Å². The van der Waals surface area contributed by atoms with Gasteiger partial charge in [-0.1, -0.05) is 208 Å². The number of hydrogen-bond acceptors (Lipinski definition) is 3. The number of fused-ring (bicyclic) bond motifs is 8. The quantitative estimate of drug-likeness (QED) is 0.151. The van der Waals surface area contributed by atoms with Crippen LogP contribution in [0.3, 0.4) is 0 Å². The second kappa shape index (κ2) is 15.8. The average Bonchev–Trinajstić information content (AvgIpc) is 3.86. The van der Waals surface area contributed by atoms with Crippen LogP contribution in [0.25, 0.3) is 44.2 Å². The summed E-state index contributed by atoms with van der Waals surface area (Å²) in [7, 11) is 0. The van der Waals surface area contributed by atoms with Crippen molar-refractivity contribution in [3.63, 3.8) is 0 Å². The van der Waals surface area contributed by atoms with Crippen LogP contribution in [0.2, 0.25) is 0 Å². The SMILES string of the molecule is CC1(C)c2ccccc2-c2ccc(N(c3cccc4c3-c3ccccc3C4(c3ccccc3)c3ccccc3)c3ccc4c5c(cccc35)-c3cccc(N(c5ccccc5)c5ccccc5)c3O4)cc21. The van der Waals surface area contributed by atoms with Crippen LogP contribution in [0.1, 0.15) is 47.2 Å². The van der Waals surface area contributed by atoms with Gasteiger partial charge in [0.25, 0.3) is 0 Å². The molecule has 3 heteroatoms. The molecule has 1 aliphatic heterocycles. The second-order valence-corrected chi connectivity index (χ2v) is 19.5. The summed E-state index contributed by atoms with van der Waals surface area (Å²) in [5.74, 6) is 1.67. The zero-order chi connectivity index (χ0) is 47.3. The van der Waals surface area contributed by atoms with Crippen molar-refractivity contribution in [2.75, 3.05) is 9.80 Å². The molecule has 0 aromatic heterocycles. The predicted octanol–water partition coefficient (Wildman–Crippen LogP) is 18.2. The Morgan fingerprint density at radius 3 is 1.58 bits per heavy atom. The van der Waals surface area contributed by atoms with E-state index in [2.05, 4.69) is 278 Å². The molecule has 0 fully saturated rings. The van der Waals surface area contributed by atoms with Gasteiger partial charge < -0.3 is 14.5 Å². The van der Waals surface area contributed by atoms with E-state index in [-0.39, 0.29) is 5.41 Å². The second-order valence-electron chi connectivity index (χ2n) is 19.5. The highest BCUT2D eigenvalue weighted by Gasteiger charge is 2.47. The number of ether oxygens (including phenoxy) is 1. The zero-order valence-electron chi connectivity index (χ0n) is 39.6. The maximum absolute atomic E-state index is 7.26. The van der Waals surface area contributed by atoms with Gasteiger partial charge in [0.05, 0.1) is 22.5 Å². The van der Waals surface area contributed by atoms with Crippen molar-refractivity contribution in [1.29, 1.82) is 0 Å². The first kappa shape index (κ1) is 41.1. The summed E-state index contributed by atoms with van der Waals surface area (Å²) in [6, 6.07) is 93.3. The number of hydrogen-bond donors (Lipinski definition) is 0. The van der Waals surface area contributed by atoms with Gasteiger partial charge in [-0.3, -0.25) is 0 Å². The highest BCUT2D eigenvalue weighted by molar-refractivity contribution is 6.13. The molecular formula is C68H48N2O. The molecule has 3 aliphatic rings. The van der Waals surface area contributed by atoms with Crippen LogP contribution in [0.4, 0.5) is 34.1 Å². The molecule has 0 bridgehead atoms.